The Balaban J connectivity index is 1.39. The standard InChI is InChI=1S/C28H41NO/c1-3-5-6-7-8-23-9-11-24(12-10-23)13-14-25-15-20-28(29-22-25)26-16-18-27(19-17-26)30-21-4-2/h15-20,22-24H,3-14,21H2,1-2H3. The van der Waals surface area contributed by atoms with E-state index in [4.69, 9.17) is 9.72 Å². The summed E-state index contributed by atoms with van der Waals surface area (Å²) in [5, 5.41) is 0. The fraction of sp³-hybridized carbons (Fsp3) is 0.607. The van der Waals surface area contributed by atoms with Crippen LogP contribution in [0.5, 0.6) is 5.75 Å². The minimum absolute atomic E-state index is 0.771. The molecule has 1 saturated carbocycles. The predicted octanol–water partition coefficient (Wildman–Crippen LogP) is 8.25. The van der Waals surface area contributed by atoms with Gasteiger partial charge >= 0.3 is 0 Å². The topological polar surface area (TPSA) is 22.1 Å². The van der Waals surface area contributed by atoms with E-state index in [1.807, 2.05) is 12.1 Å². The van der Waals surface area contributed by atoms with E-state index in [0.29, 0.717) is 0 Å². The summed E-state index contributed by atoms with van der Waals surface area (Å²) in [6.45, 7) is 5.20. The summed E-state index contributed by atoms with van der Waals surface area (Å²) in [6.07, 6.45) is 18.6. The lowest BCUT2D eigenvalue weighted by atomic mass is 9.78. The first-order valence-electron chi connectivity index (χ1n) is 12.5. The molecule has 0 atom stereocenters. The van der Waals surface area contributed by atoms with Crippen LogP contribution in [0.2, 0.25) is 0 Å². The molecule has 0 N–H and O–H groups in total. The van der Waals surface area contributed by atoms with Gasteiger partial charge in [0.05, 0.1) is 12.3 Å². The van der Waals surface area contributed by atoms with E-state index in [2.05, 4.69) is 44.3 Å². The van der Waals surface area contributed by atoms with E-state index in [-0.39, 0.29) is 0 Å². The molecule has 1 aromatic carbocycles. The molecule has 164 valence electrons. The zero-order valence-corrected chi connectivity index (χ0v) is 19.2. The Morgan fingerprint density at radius 2 is 1.53 bits per heavy atom. The molecular formula is C28H41NO. The second kappa shape index (κ2) is 12.8. The van der Waals surface area contributed by atoms with Crippen molar-refractivity contribution >= 4 is 0 Å². The van der Waals surface area contributed by atoms with Gasteiger partial charge in [0.15, 0.2) is 0 Å². The number of aryl methyl sites for hydroxylation is 1. The van der Waals surface area contributed by atoms with E-state index in [9.17, 15) is 0 Å². The molecule has 0 aliphatic heterocycles. The number of rotatable bonds is 12. The summed E-state index contributed by atoms with van der Waals surface area (Å²) >= 11 is 0. The van der Waals surface area contributed by atoms with Crippen LogP contribution >= 0.6 is 0 Å². The number of unbranched alkanes of at least 4 members (excludes halogenated alkanes) is 3. The average Bonchev–Trinajstić information content (AvgIpc) is 2.81. The normalized spacial score (nSPS) is 19.0. The zero-order valence-electron chi connectivity index (χ0n) is 19.2. The molecule has 2 aromatic rings. The van der Waals surface area contributed by atoms with Crippen molar-refractivity contribution in [3.63, 3.8) is 0 Å². The SMILES string of the molecule is CCCCCCC1CCC(CCc2ccc(-c3ccc(OCCC)cc3)nc2)CC1. The summed E-state index contributed by atoms with van der Waals surface area (Å²) < 4.78 is 5.67. The van der Waals surface area contributed by atoms with Gasteiger partial charge in [0.2, 0.25) is 0 Å². The molecule has 0 bridgehead atoms. The van der Waals surface area contributed by atoms with Crippen LogP contribution in [-0.4, -0.2) is 11.6 Å². The van der Waals surface area contributed by atoms with Gasteiger partial charge in [0.1, 0.15) is 5.75 Å². The maximum Gasteiger partial charge on any atom is 0.119 e. The van der Waals surface area contributed by atoms with Crippen LogP contribution in [0.15, 0.2) is 42.6 Å². The minimum Gasteiger partial charge on any atom is -0.494 e. The maximum atomic E-state index is 5.67. The van der Waals surface area contributed by atoms with Crippen molar-refractivity contribution in [1.82, 2.24) is 4.98 Å². The van der Waals surface area contributed by atoms with Gasteiger partial charge in [0, 0.05) is 11.8 Å². The highest BCUT2D eigenvalue weighted by Gasteiger charge is 2.20. The molecular weight excluding hydrogens is 366 g/mol. The van der Waals surface area contributed by atoms with Crippen molar-refractivity contribution in [2.45, 2.75) is 90.9 Å². The van der Waals surface area contributed by atoms with Crippen LogP contribution in [0.4, 0.5) is 0 Å². The Morgan fingerprint density at radius 3 is 2.17 bits per heavy atom. The number of aromatic nitrogens is 1. The third-order valence-corrected chi connectivity index (χ3v) is 6.72. The zero-order chi connectivity index (χ0) is 21.0. The van der Waals surface area contributed by atoms with Gasteiger partial charge in [-0.25, -0.2) is 0 Å². The predicted molar refractivity (Wildman–Crippen MR) is 128 cm³/mol. The fourth-order valence-corrected chi connectivity index (χ4v) is 4.72. The lowest BCUT2D eigenvalue weighted by Crippen LogP contribution is -2.15. The molecule has 0 spiro atoms. The van der Waals surface area contributed by atoms with Crippen molar-refractivity contribution in [2.75, 3.05) is 6.61 Å². The molecule has 0 amide bonds. The summed E-state index contributed by atoms with van der Waals surface area (Å²) in [5.41, 5.74) is 3.58. The Labute approximate surface area is 184 Å². The first-order valence-corrected chi connectivity index (χ1v) is 12.5. The highest BCUT2D eigenvalue weighted by molar-refractivity contribution is 5.60. The second-order valence-electron chi connectivity index (χ2n) is 9.20. The third-order valence-electron chi connectivity index (χ3n) is 6.72. The third kappa shape index (κ3) is 7.45. The first kappa shape index (κ1) is 22.8. The average molecular weight is 408 g/mol. The monoisotopic (exact) mass is 407 g/mol. The van der Waals surface area contributed by atoms with Crippen molar-refractivity contribution in [1.29, 1.82) is 0 Å². The van der Waals surface area contributed by atoms with Crippen molar-refractivity contribution < 1.29 is 4.74 Å². The van der Waals surface area contributed by atoms with Crippen LogP contribution in [0.25, 0.3) is 11.3 Å². The van der Waals surface area contributed by atoms with Crippen LogP contribution in [-0.2, 0) is 6.42 Å². The van der Waals surface area contributed by atoms with Gasteiger partial charge in [-0.15, -0.1) is 0 Å². The molecule has 2 heteroatoms. The van der Waals surface area contributed by atoms with Crippen LogP contribution in [0.3, 0.4) is 0 Å². The quantitative estimate of drug-likeness (QED) is 0.330. The highest BCUT2D eigenvalue weighted by Crippen LogP contribution is 2.34. The molecule has 1 fully saturated rings. The first-order chi connectivity index (χ1) is 14.8. The molecule has 2 nitrogen and oxygen atoms in total. The van der Waals surface area contributed by atoms with Crippen LogP contribution in [0.1, 0.15) is 90.0 Å². The van der Waals surface area contributed by atoms with Gasteiger partial charge in [-0.05, 0) is 67.0 Å². The largest absolute Gasteiger partial charge is 0.494 e. The number of nitrogens with zero attached hydrogens (tertiary/aromatic N) is 1. The van der Waals surface area contributed by atoms with Crippen LogP contribution < -0.4 is 4.74 Å². The van der Waals surface area contributed by atoms with Gasteiger partial charge in [-0.2, -0.15) is 0 Å². The van der Waals surface area contributed by atoms with E-state index in [0.717, 1.165) is 41.9 Å². The Hall–Kier alpha value is -1.83. The molecule has 3 rings (SSSR count). The highest BCUT2D eigenvalue weighted by atomic mass is 16.5. The summed E-state index contributed by atoms with van der Waals surface area (Å²) in [6, 6.07) is 12.7. The number of hydrogen-bond donors (Lipinski definition) is 0. The molecule has 0 saturated heterocycles. The molecule has 1 aliphatic rings. The lowest BCUT2D eigenvalue weighted by Gasteiger charge is -2.28. The van der Waals surface area contributed by atoms with Crippen molar-refractivity contribution in [3.8, 4) is 17.0 Å². The number of hydrogen-bond acceptors (Lipinski definition) is 2. The minimum atomic E-state index is 0.771. The fourth-order valence-electron chi connectivity index (χ4n) is 4.72. The maximum absolute atomic E-state index is 5.67. The molecule has 0 radical (unpaired) electrons. The Morgan fingerprint density at radius 1 is 0.800 bits per heavy atom. The van der Waals surface area contributed by atoms with Crippen molar-refractivity contribution in [3.05, 3.63) is 48.2 Å². The van der Waals surface area contributed by atoms with E-state index < -0.39 is 0 Å². The summed E-state index contributed by atoms with van der Waals surface area (Å²) in [5.74, 6) is 2.87. The van der Waals surface area contributed by atoms with Gasteiger partial charge in [-0.1, -0.05) is 77.7 Å². The van der Waals surface area contributed by atoms with E-state index >= 15 is 0 Å². The van der Waals surface area contributed by atoms with E-state index in [1.165, 1.54) is 76.2 Å². The Bertz CT molecular complexity index is 698. The summed E-state index contributed by atoms with van der Waals surface area (Å²) in [4.78, 5) is 4.72. The van der Waals surface area contributed by atoms with Gasteiger partial charge in [-0.3, -0.25) is 4.98 Å². The second-order valence-corrected chi connectivity index (χ2v) is 9.20. The molecule has 0 unspecified atom stereocenters. The van der Waals surface area contributed by atoms with E-state index in [1.54, 1.807) is 0 Å². The number of benzene rings is 1. The molecule has 1 heterocycles. The molecule has 1 aromatic heterocycles. The lowest BCUT2D eigenvalue weighted by molar-refractivity contribution is 0.249. The van der Waals surface area contributed by atoms with Crippen molar-refractivity contribution in [2.24, 2.45) is 11.8 Å². The number of pyridine rings is 1. The number of ether oxygens (including phenoxy) is 1. The van der Waals surface area contributed by atoms with Crippen LogP contribution in [0, 0.1) is 11.8 Å². The van der Waals surface area contributed by atoms with Gasteiger partial charge < -0.3 is 4.74 Å². The Kier molecular flexibility index (Phi) is 9.73. The molecule has 1 aliphatic carbocycles. The van der Waals surface area contributed by atoms with Gasteiger partial charge in [0.25, 0.3) is 0 Å². The summed E-state index contributed by atoms with van der Waals surface area (Å²) in [7, 11) is 0. The smallest absolute Gasteiger partial charge is 0.119 e. The molecule has 30 heavy (non-hydrogen) atoms.